The van der Waals surface area contributed by atoms with Crippen molar-refractivity contribution in [3.05, 3.63) is 23.8 Å². The van der Waals surface area contributed by atoms with Gasteiger partial charge in [0.15, 0.2) is 0 Å². The van der Waals surface area contributed by atoms with Crippen LogP contribution in [0.15, 0.2) is 18.2 Å². The van der Waals surface area contributed by atoms with Crippen LogP contribution in [0, 0.1) is 0 Å². The summed E-state index contributed by atoms with van der Waals surface area (Å²) < 4.78 is 15.0. The lowest BCUT2D eigenvalue weighted by molar-refractivity contribution is -0.142. The van der Waals surface area contributed by atoms with Gasteiger partial charge in [-0.25, -0.2) is 0 Å². The summed E-state index contributed by atoms with van der Waals surface area (Å²) in [5, 5.41) is 0. The molecule has 0 saturated carbocycles. The molecule has 1 atom stereocenters. The standard InChI is InChI=1S/C12H16O4/c1-8(12(13)16-4)10-6-5-9(14-2)7-11(10)15-3/h5-8H,1-4H3. The first kappa shape index (κ1) is 12.4. The second-order valence-corrected chi connectivity index (χ2v) is 3.35. The highest BCUT2D eigenvalue weighted by Crippen LogP contribution is 2.30. The molecule has 4 heteroatoms. The van der Waals surface area contributed by atoms with Gasteiger partial charge in [-0.3, -0.25) is 4.79 Å². The predicted octanol–water partition coefficient (Wildman–Crippen LogP) is 1.98. The zero-order chi connectivity index (χ0) is 12.1. The fourth-order valence-corrected chi connectivity index (χ4v) is 1.48. The third kappa shape index (κ3) is 2.45. The Morgan fingerprint density at radius 3 is 2.38 bits per heavy atom. The highest BCUT2D eigenvalue weighted by Gasteiger charge is 2.19. The number of ether oxygens (including phenoxy) is 3. The van der Waals surface area contributed by atoms with E-state index in [1.165, 1.54) is 7.11 Å². The van der Waals surface area contributed by atoms with Gasteiger partial charge < -0.3 is 14.2 Å². The number of carbonyl (C=O) groups excluding carboxylic acids is 1. The number of benzene rings is 1. The van der Waals surface area contributed by atoms with Gasteiger partial charge in [0, 0.05) is 11.6 Å². The molecule has 0 N–H and O–H groups in total. The first-order valence-corrected chi connectivity index (χ1v) is 4.93. The average molecular weight is 224 g/mol. The van der Waals surface area contributed by atoms with Gasteiger partial charge in [-0.15, -0.1) is 0 Å². The summed E-state index contributed by atoms with van der Waals surface area (Å²) in [7, 11) is 4.51. The SMILES string of the molecule is COC(=O)C(C)c1ccc(OC)cc1OC. The highest BCUT2D eigenvalue weighted by atomic mass is 16.5. The molecular weight excluding hydrogens is 208 g/mol. The molecule has 0 aliphatic rings. The number of methoxy groups -OCH3 is 3. The number of hydrogen-bond acceptors (Lipinski definition) is 4. The van der Waals surface area contributed by atoms with Crippen molar-refractivity contribution >= 4 is 5.97 Å². The van der Waals surface area contributed by atoms with Gasteiger partial charge in [-0.05, 0) is 13.0 Å². The second kappa shape index (κ2) is 5.39. The van der Waals surface area contributed by atoms with Crippen LogP contribution in [0.5, 0.6) is 11.5 Å². The van der Waals surface area contributed by atoms with Crippen molar-refractivity contribution in [2.24, 2.45) is 0 Å². The van der Waals surface area contributed by atoms with E-state index in [1.807, 2.05) is 0 Å². The van der Waals surface area contributed by atoms with Crippen molar-refractivity contribution in [3.8, 4) is 11.5 Å². The molecule has 88 valence electrons. The number of carbonyl (C=O) groups is 1. The molecule has 0 heterocycles. The summed E-state index contributed by atoms with van der Waals surface area (Å²) in [6, 6.07) is 5.34. The van der Waals surface area contributed by atoms with E-state index in [2.05, 4.69) is 0 Å². The minimum Gasteiger partial charge on any atom is -0.497 e. The van der Waals surface area contributed by atoms with Gasteiger partial charge in [0.05, 0.1) is 27.2 Å². The molecule has 0 aromatic heterocycles. The van der Waals surface area contributed by atoms with Crippen LogP contribution in [0.25, 0.3) is 0 Å². The van der Waals surface area contributed by atoms with Crippen molar-refractivity contribution in [2.75, 3.05) is 21.3 Å². The van der Waals surface area contributed by atoms with Crippen LogP contribution in [0.2, 0.25) is 0 Å². The van der Waals surface area contributed by atoms with Crippen LogP contribution < -0.4 is 9.47 Å². The molecule has 1 aromatic rings. The molecule has 0 aliphatic carbocycles. The predicted molar refractivity (Wildman–Crippen MR) is 60.0 cm³/mol. The monoisotopic (exact) mass is 224 g/mol. The maximum absolute atomic E-state index is 11.4. The average Bonchev–Trinajstić information content (AvgIpc) is 2.35. The fraction of sp³-hybridized carbons (Fsp3) is 0.417. The summed E-state index contributed by atoms with van der Waals surface area (Å²) in [5.74, 6) is 0.671. The van der Waals surface area contributed by atoms with E-state index in [0.717, 1.165) is 5.56 Å². The summed E-state index contributed by atoms with van der Waals surface area (Å²) in [4.78, 5) is 11.4. The van der Waals surface area contributed by atoms with Crippen LogP contribution in [-0.2, 0) is 9.53 Å². The molecule has 0 saturated heterocycles. The van der Waals surface area contributed by atoms with E-state index in [1.54, 1.807) is 39.3 Å². The quantitative estimate of drug-likeness (QED) is 0.733. The summed E-state index contributed by atoms with van der Waals surface area (Å²) in [6.45, 7) is 1.77. The zero-order valence-electron chi connectivity index (χ0n) is 9.94. The lowest BCUT2D eigenvalue weighted by Crippen LogP contribution is -2.11. The van der Waals surface area contributed by atoms with Crippen molar-refractivity contribution in [3.63, 3.8) is 0 Å². The molecular formula is C12H16O4. The third-order valence-corrected chi connectivity index (χ3v) is 2.46. The Bertz CT molecular complexity index is 373. The Balaban J connectivity index is 3.08. The minimum absolute atomic E-state index is 0.288. The highest BCUT2D eigenvalue weighted by molar-refractivity contribution is 5.78. The van der Waals surface area contributed by atoms with Crippen LogP contribution in [0.3, 0.4) is 0 Å². The van der Waals surface area contributed by atoms with Crippen LogP contribution >= 0.6 is 0 Å². The Morgan fingerprint density at radius 2 is 1.88 bits per heavy atom. The molecule has 0 spiro atoms. The van der Waals surface area contributed by atoms with E-state index in [0.29, 0.717) is 11.5 Å². The topological polar surface area (TPSA) is 44.8 Å². The van der Waals surface area contributed by atoms with Crippen LogP contribution in [0.1, 0.15) is 18.4 Å². The van der Waals surface area contributed by atoms with E-state index in [-0.39, 0.29) is 11.9 Å². The normalized spacial score (nSPS) is 11.8. The van der Waals surface area contributed by atoms with Gasteiger partial charge in [0.1, 0.15) is 11.5 Å². The molecule has 1 aromatic carbocycles. The van der Waals surface area contributed by atoms with Crippen molar-refractivity contribution in [1.82, 2.24) is 0 Å². The number of esters is 1. The molecule has 1 unspecified atom stereocenters. The van der Waals surface area contributed by atoms with Crippen LogP contribution in [0.4, 0.5) is 0 Å². The minimum atomic E-state index is -0.356. The Hall–Kier alpha value is -1.71. The Labute approximate surface area is 95.1 Å². The van der Waals surface area contributed by atoms with Gasteiger partial charge in [-0.1, -0.05) is 6.07 Å². The van der Waals surface area contributed by atoms with Gasteiger partial charge in [-0.2, -0.15) is 0 Å². The largest absolute Gasteiger partial charge is 0.497 e. The number of hydrogen-bond donors (Lipinski definition) is 0. The smallest absolute Gasteiger partial charge is 0.312 e. The van der Waals surface area contributed by atoms with Crippen molar-refractivity contribution < 1.29 is 19.0 Å². The van der Waals surface area contributed by atoms with E-state index < -0.39 is 0 Å². The lowest BCUT2D eigenvalue weighted by Gasteiger charge is -2.14. The summed E-state index contributed by atoms with van der Waals surface area (Å²) >= 11 is 0. The summed E-state index contributed by atoms with van der Waals surface area (Å²) in [5.41, 5.74) is 0.787. The molecule has 4 nitrogen and oxygen atoms in total. The Kier molecular flexibility index (Phi) is 4.17. The zero-order valence-corrected chi connectivity index (χ0v) is 9.94. The van der Waals surface area contributed by atoms with Gasteiger partial charge in [0.2, 0.25) is 0 Å². The molecule has 0 amide bonds. The molecule has 0 aliphatic heterocycles. The first-order chi connectivity index (χ1) is 7.63. The van der Waals surface area contributed by atoms with Crippen molar-refractivity contribution in [2.45, 2.75) is 12.8 Å². The van der Waals surface area contributed by atoms with Crippen molar-refractivity contribution in [1.29, 1.82) is 0 Å². The third-order valence-electron chi connectivity index (χ3n) is 2.46. The maximum atomic E-state index is 11.4. The fourth-order valence-electron chi connectivity index (χ4n) is 1.48. The van der Waals surface area contributed by atoms with Gasteiger partial charge >= 0.3 is 5.97 Å². The molecule has 0 fully saturated rings. The maximum Gasteiger partial charge on any atom is 0.312 e. The Morgan fingerprint density at radius 1 is 1.19 bits per heavy atom. The second-order valence-electron chi connectivity index (χ2n) is 3.35. The molecule has 16 heavy (non-hydrogen) atoms. The molecule has 0 bridgehead atoms. The molecule has 1 rings (SSSR count). The molecule has 0 radical (unpaired) electrons. The van der Waals surface area contributed by atoms with E-state index >= 15 is 0 Å². The first-order valence-electron chi connectivity index (χ1n) is 4.93. The van der Waals surface area contributed by atoms with E-state index in [9.17, 15) is 4.79 Å². The lowest BCUT2D eigenvalue weighted by atomic mass is 10.00. The van der Waals surface area contributed by atoms with Gasteiger partial charge in [0.25, 0.3) is 0 Å². The number of rotatable bonds is 4. The van der Waals surface area contributed by atoms with Crippen LogP contribution in [-0.4, -0.2) is 27.3 Å². The summed E-state index contributed by atoms with van der Waals surface area (Å²) in [6.07, 6.45) is 0. The van der Waals surface area contributed by atoms with E-state index in [4.69, 9.17) is 14.2 Å².